The molecule has 0 bridgehead atoms. The molecule has 2 aromatic heterocycles. The van der Waals surface area contributed by atoms with Crippen molar-refractivity contribution in [3.05, 3.63) is 118 Å². The summed E-state index contributed by atoms with van der Waals surface area (Å²) in [7, 11) is 0. The summed E-state index contributed by atoms with van der Waals surface area (Å²) in [6, 6.07) is 24.4. The van der Waals surface area contributed by atoms with Gasteiger partial charge in [0.2, 0.25) is 0 Å². The first kappa shape index (κ1) is 17.7. The Morgan fingerprint density at radius 1 is 0.893 bits per heavy atom. The molecule has 28 heavy (non-hydrogen) atoms. The van der Waals surface area contributed by atoms with E-state index in [9.17, 15) is 9.59 Å². The van der Waals surface area contributed by atoms with Crippen LogP contribution in [0.5, 0.6) is 0 Å². The fourth-order valence-corrected chi connectivity index (χ4v) is 3.29. The minimum absolute atomic E-state index is 0.0173. The van der Waals surface area contributed by atoms with Crippen LogP contribution in [0.15, 0.2) is 89.9 Å². The Morgan fingerprint density at radius 3 is 2.11 bits per heavy atom. The highest BCUT2D eigenvalue weighted by molar-refractivity contribution is 5.94. The van der Waals surface area contributed by atoms with Gasteiger partial charge in [-0.1, -0.05) is 66.7 Å². The minimum Gasteiger partial charge on any atom is -0.341 e. The number of hydrogen-bond donors (Lipinski definition) is 1. The SMILES string of the molecule is Cc1cccc2ncc(C(=O)NC(c3ccccc3)c3ccccc3)c(=O)n12. The number of amides is 1. The van der Waals surface area contributed by atoms with Crippen molar-refractivity contribution in [2.24, 2.45) is 0 Å². The van der Waals surface area contributed by atoms with Crippen LogP contribution in [-0.4, -0.2) is 15.3 Å². The van der Waals surface area contributed by atoms with Gasteiger partial charge >= 0.3 is 0 Å². The molecule has 0 radical (unpaired) electrons. The minimum atomic E-state index is -0.451. The van der Waals surface area contributed by atoms with E-state index in [1.165, 1.54) is 10.6 Å². The summed E-state index contributed by atoms with van der Waals surface area (Å²) < 4.78 is 1.45. The fourth-order valence-electron chi connectivity index (χ4n) is 3.29. The van der Waals surface area contributed by atoms with Crippen molar-refractivity contribution < 1.29 is 4.79 Å². The summed E-state index contributed by atoms with van der Waals surface area (Å²) in [6.07, 6.45) is 1.35. The Kier molecular flexibility index (Phi) is 4.72. The molecule has 4 rings (SSSR count). The Bertz CT molecular complexity index is 1150. The number of carbonyl (C=O) groups excluding carboxylic acids is 1. The lowest BCUT2D eigenvalue weighted by atomic mass is 9.98. The third-order valence-electron chi connectivity index (χ3n) is 4.71. The van der Waals surface area contributed by atoms with Crippen molar-refractivity contribution in [3.8, 4) is 0 Å². The van der Waals surface area contributed by atoms with Gasteiger partial charge in [-0.15, -0.1) is 0 Å². The van der Waals surface area contributed by atoms with Crippen molar-refractivity contribution in [3.63, 3.8) is 0 Å². The Hall–Kier alpha value is -3.73. The van der Waals surface area contributed by atoms with Gasteiger partial charge in [0, 0.05) is 11.9 Å². The van der Waals surface area contributed by atoms with Crippen LogP contribution < -0.4 is 10.9 Å². The molecule has 0 aliphatic carbocycles. The van der Waals surface area contributed by atoms with Gasteiger partial charge in [0.15, 0.2) is 0 Å². The van der Waals surface area contributed by atoms with E-state index in [1.54, 1.807) is 6.07 Å². The molecule has 0 fully saturated rings. The van der Waals surface area contributed by atoms with Crippen LogP contribution >= 0.6 is 0 Å². The number of benzene rings is 2. The van der Waals surface area contributed by atoms with E-state index in [4.69, 9.17) is 0 Å². The van der Waals surface area contributed by atoms with Crippen LogP contribution in [0, 0.1) is 6.92 Å². The lowest BCUT2D eigenvalue weighted by Gasteiger charge is -2.20. The van der Waals surface area contributed by atoms with Gasteiger partial charge in [0.1, 0.15) is 11.2 Å². The quantitative estimate of drug-likeness (QED) is 0.599. The van der Waals surface area contributed by atoms with Gasteiger partial charge in [-0.2, -0.15) is 0 Å². The third kappa shape index (κ3) is 3.30. The van der Waals surface area contributed by atoms with Crippen LogP contribution in [0.4, 0.5) is 0 Å². The van der Waals surface area contributed by atoms with Crippen molar-refractivity contribution in [2.45, 2.75) is 13.0 Å². The lowest BCUT2D eigenvalue weighted by molar-refractivity contribution is 0.0941. The number of pyridine rings is 1. The number of aryl methyl sites for hydroxylation is 1. The highest BCUT2D eigenvalue weighted by Gasteiger charge is 2.20. The standard InChI is InChI=1S/C23H19N3O2/c1-16-9-8-14-20-24-15-19(23(28)26(16)20)22(27)25-21(17-10-4-2-5-11-17)18-12-6-3-7-13-18/h2-15,21H,1H3,(H,25,27). The Balaban J connectivity index is 1.75. The topological polar surface area (TPSA) is 63.5 Å². The Labute approximate surface area is 162 Å². The number of fused-ring (bicyclic) bond motifs is 1. The van der Waals surface area contributed by atoms with E-state index in [0.29, 0.717) is 5.65 Å². The summed E-state index contributed by atoms with van der Waals surface area (Å²) in [5, 5.41) is 3.00. The van der Waals surface area contributed by atoms with Crippen LogP contribution in [0.25, 0.3) is 5.65 Å². The lowest BCUT2D eigenvalue weighted by Crippen LogP contribution is -2.35. The van der Waals surface area contributed by atoms with Crippen molar-refractivity contribution in [1.82, 2.24) is 14.7 Å². The molecule has 2 heterocycles. The molecule has 1 amide bonds. The molecule has 138 valence electrons. The van der Waals surface area contributed by atoms with Gasteiger partial charge < -0.3 is 5.32 Å². The highest BCUT2D eigenvalue weighted by Crippen LogP contribution is 2.22. The van der Waals surface area contributed by atoms with Gasteiger partial charge in [-0.05, 0) is 30.2 Å². The van der Waals surface area contributed by atoms with Crippen LogP contribution in [0.1, 0.15) is 33.2 Å². The van der Waals surface area contributed by atoms with Crippen molar-refractivity contribution in [1.29, 1.82) is 0 Å². The molecular weight excluding hydrogens is 350 g/mol. The first-order chi connectivity index (χ1) is 13.6. The maximum absolute atomic E-state index is 13.0. The highest BCUT2D eigenvalue weighted by atomic mass is 16.2. The molecule has 0 atom stereocenters. The normalized spacial score (nSPS) is 10.9. The van der Waals surface area contributed by atoms with Gasteiger partial charge in [-0.25, -0.2) is 4.98 Å². The van der Waals surface area contributed by atoms with Crippen LogP contribution in [-0.2, 0) is 0 Å². The summed E-state index contributed by atoms with van der Waals surface area (Å²) in [4.78, 5) is 30.2. The molecule has 4 aromatic rings. The summed E-state index contributed by atoms with van der Waals surface area (Å²) >= 11 is 0. The summed E-state index contributed by atoms with van der Waals surface area (Å²) in [5.74, 6) is -0.451. The van der Waals surface area contributed by atoms with Crippen molar-refractivity contribution >= 4 is 11.6 Å². The molecule has 5 heteroatoms. The largest absolute Gasteiger partial charge is 0.341 e. The molecule has 1 N–H and O–H groups in total. The molecular formula is C23H19N3O2. The number of hydrogen-bond acceptors (Lipinski definition) is 3. The number of aromatic nitrogens is 2. The van der Waals surface area contributed by atoms with Gasteiger partial charge in [0.25, 0.3) is 11.5 Å². The maximum atomic E-state index is 13.0. The zero-order chi connectivity index (χ0) is 19.5. The molecule has 2 aromatic carbocycles. The van der Waals surface area contributed by atoms with E-state index in [-0.39, 0.29) is 17.2 Å². The predicted molar refractivity (Wildman–Crippen MR) is 108 cm³/mol. The second kappa shape index (κ2) is 7.48. The number of nitrogens with one attached hydrogen (secondary N) is 1. The predicted octanol–water partition coefficient (Wildman–Crippen LogP) is 3.52. The van der Waals surface area contributed by atoms with E-state index in [1.807, 2.05) is 79.7 Å². The molecule has 0 aliphatic heterocycles. The molecule has 0 saturated carbocycles. The number of carbonyl (C=O) groups is 1. The molecule has 0 aliphatic rings. The molecule has 5 nitrogen and oxygen atoms in total. The smallest absolute Gasteiger partial charge is 0.270 e. The second-order valence-electron chi connectivity index (χ2n) is 6.57. The summed E-state index contributed by atoms with van der Waals surface area (Å²) in [5.41, 5.74) is 2.76. The maximum Gasteiger partial charge on any atom is 0.270 e. The molecule has 0 spiro atoms. The monoisotopic (exact) mass is 369 g/mol. The zero-order valence-corrected chi connectivity index (χ0v) is 15.4. The number of rotatable bonds is 4. The Morgan fingerprint density at radius 2 is 1.50 bits per heavy atom. The zero-order valence-electron chi connectivity index (χ0n) is 15.4. The summed E-state index contributed by atoms with van der Waals surface area (Å²) in [6.45, 7) is 1.81. The first-order valence-corrected chi connectivity index (χ1v) is 9.03. The van der Waals surface area contributed by atoms with Crippen LogP contribution in [0.3, 0.4) is 0 Å². The molecule has 0 saturated heterocycles. The van der Waals surface area contributed by atoms with Gasteiger partial charge in [-0.3, -0.25) is 14.0 Å². The first-order valence-electron chi connectivity index (χ1n) is 9.03. The fraction of sp³-hybridized carbons (Fsp3) is 0.0870. The van der Waals surface area contributed by atoms with Gasteiger partial charge in [0.05, 0.1) is 6.04 Å². The third-order valence-corrected chi connectivity index (χ3v) is 4.71. The van der Waals surface area contributed by atoms with E-state index >= 15 is 0 Å². The average molecular weight is 369 g/mol. The van der Waals surface area contributed by atoms with Crippen LogP contribution in [0.2, 0.25) is 0 Å². The van der Waals surface area contributed by atoms with E-state index < -0.39 is 5.91 Å². The van der Waals surface area contributed by atoms with E-state index in [0.717, 1.165) is 16.8 Å². The van der Waals surface area contributed by atoms with E-state index in [2.05, 4.69) is 10.3 Å². The second-order valence-corrected chi connectivity index (χ2v) is 6.57. The average Bonchev–Trinajstić information content (AvgIpc) is 2.73. The number of nitrogens with zero attached hydrogens (tertiary/aromatic N) is 2. The molecule has 0 unspecified atom stereocenters. The van der Waals surface area contributed by atoms with Crippen molar-refractivity contribution in [2.75, 3.05) is 0 Å².